The van der Waals surface area contributed by atoms with Crippen LogP contribution in [0, 0.1) is 0 Å². The molecular weight excluding hydrogens is 228 g/mol. The Hall–Kier alpha value is -2.62. The molecule has 2 amide bonds. The molecule has 2 aromatic rings. The van der Waals surface area contributed by atoms with E-state index in [0.717, 1.165) is 16.3 Å². The molecule has 0 radical (unpaired) electrons. The van der Waals surface area contributed by atoms with Gasteiger partial charge in [0.1, 0.15) is 5.57 Å². The van der Waals surface area contributed by atoms with Crippen LogP contribution in [-0.2, 0) is 9.59 Å². The summed E-state index contributed by atoms with van der Waals surface area (Å²) >= 11 is 0. The minimum atomic E-state index is -0.824. The number of primary amides is 2. The first kappa shape index (κ1) is 11.9. The van der Waals surface area contributed by atoms with Crippen molar-refractivity contribution < 1.29 is 9.59 Å². The summed E-state index contributed by atoms with van der Waals surface area (Å²) in [5, 5.41) is 1.94. The van der Waals surface area contributed by atoms with Crippen molar-refractivity contribution in [1.82, 2.24) is 0 Å². The molecule has 0 spiro atoms. The van der Waals surface area contributed by atoms with E-state index in [1.54, 1.807) is 6.07 Å². The van der Waals surface area contributed by atoms with E-state index in [0.29, 0.717) is 0 Å². The van der Waals surface area contributed by atoms with Crippen molar-refractivity contribution in [3.8, 4) is 0 Å². The van der Waals surface area contributed by atoms with Crippen LogP contribution in [0.1, 0.15) is 5.56 Å². The number of fused-ring (bicyclic) bond motifs is 1. The summed E-state index contributed by atoms with van der Waals surface area (Å²) in [7, 11) is 0. The normalized spacial score (nSPS) is 10.0. The third-order valence-corrected chi connectivity index (χ3v) is 2.65. The Labute approximate surface area is 104 Å². The molecule has 4 heteroatoms. The maximum absolute atomic E-state index is 11.1. The number of hydrogen-bond donors (Lipinski definition) is 2. The minimum absolute atomic E-state index is 0.202. The van der Waals surface area contributed by atoms with Crippen molar-refractivity contribution in [1.29, 1.82) is 0 Å². The van der Waals surface area contributed by atoms with Gasteiger partial charge < -0.3 is 11.5 Å². The average Bonchev–Trinajstić information content (AvgIpc) is 2.35. The molecule has 0 aliphatic rings. The molecule has 0 atom stereocenters. The number of carbonyl (C=O) groups is 2. The number of carbonyl (C=O) groups excluding carboxylic acids is 2. The Morgan fingerprint density at radius 3 is 2.17 bits per heavy atom. The number of nitrogens with two attached hydrogens (primary N) is 2. The van der Waals surface area contributed by atoms with Gasteiger partial charge in [-0.05, 0) is 22.4 Å². The zero-order valence-corrected chi connectivity index (χ0v) is 9.59. The maximum Gasteiger partial charge on any atom is 0.254 e. The van der Waals surface area contributed by atoms with Gasteiger partial charge >= 0.3 is 0 Å². The van der Waals surface area contributed by atoms with Gasteiger partial charge in [-0.1, -0.05) is 42.5 Å². The predicted octanol–water partition coefficient (Wildman–Crippen LogP) is 1.19. The van der Waals surface area contributed by atoms with E-state index < -0.39 is 11.8 Å². The van der Waals surface area contributed by atoms with Gasteiger partial charge in [0.15, 0.2) is 0 Å². The molecule has 0 heterocycles. The molecule has 0 saturated heterocycles. The van der Waals surface area contributed by atoms with E-state index in [-0.39, 0.29) is 5.57 Å². The molecule has 90 valence electrons. The molecule has 0 aromatic heterocycles. The quantitative estimate of drug-likeness (QED) is 0.479. The molecular formula is C14H12N2O2. The van der Waals surface area contributed by atoms with E-state index >= 15 is 0 Å². The highest BCUT2D eigenvalue weighted by atomic mass is 16.2. The summed E-state index contributed by atoms with van der Waals surface area (Å²) in [6.07, 6.45) is 1.42. The van der Waals surface area contributed by atoms with Crippen LogP contribution < -0.4 is 11.5 Å². The third kappa shape index (κ3) is 2.22. The molecule has 0 fully saturated rings. The maximum atomic E-state index is 11.1. The Morgan fingerprint density at radius 1 is 0.889 bits per heavy atom. The largest absolute Gasteiger partial charge is 0.365 e. The van der Waals surface area contributed by atoms with Gasteiger partial charge in [0.25, 0.3) is 11.8 Å². The molecule has 4 N–H and O–H groups in total. The summed E-state index contributed by atoms with van der Waals surface area (Å²) < 4.78 is 0. The lowest BCUT2D eigenvalue weighted by Crippen LogP contribution is -2.25. The molecule has 0 unspecified atom stereocenters. The highest BCUT2D eigenvalue weighted by Gasteiger charge is 2.12. The van der Waals surface area contributed by atoms with Crippen LogP contribution in [-0.4, -0.2) is 11.8 Å². The van der Waals surface area contributed by atoms with E-state index in [1.807, 2.05) is 36.4 Å². The lowest BCUT2D eigenvalue weighted by atomic mass is 10.0. The summed E-state index contributed by atoms with van der Waals surface area (Å²) in [5.41, 5.74) is 10.8. The number of hydrogen-bond acceptors (Lipinski definition) is 2. The molecule has 0 bridgehead atoms. The van der Waals surface area contributed by atoms with Crippen LogP contribution >= 0.6 is 0 Å². The number of amides is 2. The first-order chi connectivity index (χ1) is 8.59. The summed E-state index contributed by atoms with van der Waals surface area (Å²) in [5.74, 6) is -1.65. The van der Waals surface area contributed by atoms with Crippen LogP contribution in [0.5, 0.6) is 0 Å². The Kier molecular flexibility index (Phi) is 3.10. The monoisotopic (exact) mass is 240 g/mol. The van der Waals surface area contributed by atoms with Gasteiger partial charge in [0, 0.05) is 0 Å². The summed E-state index contributed by atoms with van der Waals surface area (Å²) in [4.78, 5) is 22.3. The van der Waals surface area contributed by atoms with E-state index in [9.17, 15) is 9.59 Å². The SMILES string of the molecule is NC(=O)C(=Cc1cccc2ccccc12)C(N)=O. The second-order valence-corrected chi connectivity index (χ2v) is 3.85. The predicted molar refractivity (Wildman–Crippen MR) is 70.3 cm³/mol. The van der Waals surface area contributed by atoms with Crippen molar-refractivity contribution in [3.05, 3.63) is 53.6 Å². The van der Waals surface area contributed by atoms with Crippen molar-refractivity contribution in [3.63, 3.8) is 0 Å². The molecule has 18 heavy (non-hydrogen) atoms. The molecule has 4 nitrogen and oxygen atoms in total. The topological polar surface area (TPSA) is 86.2 Å². The van der Waals surface area contributed by atoms with Gasteiger partial charge in [0.2, 0.25) is 0 Å². The van der Waals surface area contributed by atoms with Gasteiger partial charge in [-0.15, -0.1) is 0 Å². The Morgan fingerprint density at radius 2 is 1.50 bits per heavy atom. The van der Waals surface area contributed by atoms with Crippen molar-refractivity contribution in [2.75, 3.05) is 0 Å². The molecule has 2 rings (SSSR count). The molecule has 2 aromatic carbocycles. The Balaban J connectivity index is 2.64. The lowest BCUT2D eigenvalue weighted by Gasteiger charge is -2.03. The molecule has 0 saturated carbocycles. The minimum Gasteiger partial charge on any atom is -0.365 e. The summed E-state index contributed by atoms with van der Waals surface area (Å²) in [6.45, 7) is 0. The lowest BCUT2D eigenvalue weighted by molar-refractivity contribution is -0.120. The van der Waals surface area contributed by atoms with Crippen LogP contribution in [0.25, 0.3) is 16.8 Å². The van der Waals surface area contributed by atoms with E-state index in [4.69, 9.17) is 11.5 Å². The smallest absolute Gasteiger partial charge is 0.254 e. The van der Waals surface area contributed by atoms with E-state index in [2.05, 4.69) is 0 Å². The fourth-order valence-electron chi connectivity index (χ4n) is 1.80. The molecule has 0 aliphatic heterocycles. The van der Waals surface area contributed by atoms with Crippen LogP contribution in [0.4, 0.5) is 0 Å². The zero-order chi connectivity index (χ0) is 13.1. The summed E-state index contributed by atoms with van der Waals surface area (Å²) in [6, 6.07) is 13.2. The standard InChI is InChI=1S/C14H12N2O2/c15-13(17)12(14(16)18)8-10-6-3-5-9-4-1-2-7-11(9)10/h1-8H,(H2,15,17)(H2,16,18). The fraction of sp³-hybridized carbons (Fsp3) is 0. The number of rotatable bonds is 3. The second-order valence-electron chi connectivity index (χ2n) is 3.85. The van der Waals surface area contributed by atoms with E-state index in [1.165, 1.54) is 6.08 Å². The highest BCUT2D eigenvalue weighted by Crippen LogP contribution is 2.20. The first-order valence-electron chi connectivity index (χ1n) is 5.38. The first-order valence-corrected chi connectivity index (χ1v) is 5.38. The number of benzene rings is 2. The van der Waals surface area contributed by atoms with Crippen molar-refractivity contribution in [2.45, 2.75) is 0 Å². The van der Waals surface area contributed by atoms with Crippen molar-refractivity contribution in [2.24, 2.45) is 11.5 Å². The zero-order valence-electron chi connectivity index (χ0n) is 9.59. The Bertz CT molecular complexity index is 638. The van der Waals surface area contributed by atoms with Gasteiger partial charge in [-0.25, -0.2) is 0 Å². The fourth-order valence-corrected chi connectivity index (χ4v) is 1.80. The second kappa shape index (κ2) is 4.71. The van der Waals surface area contributed by atoms with Crippen LogP contribution in [0.15, 0.2) is 48.0 Å². The van der Waals surface area contributed by atoms with Crippen molar-refractivity contribution >= 4 is 28.7 Å². The van der Waals surface area contributed by atoms with Gasteiger partial charge in [-0.3, -0.25) is 9.59 Å². The van der Waals surface area contributed by atoms with Crippen LogP contribution in [0.3, 0.4) is 0 Å². The molecule has 0 aliphatic carbocycles. The third-order valence-electron chi connectivity index (χ3n) is 2.65. The van der Waals surface area contributed by atoms with Gasteiger partial charge in [0.05, 0.1) is 0 Å². The average molecular weight is 240 g/mol. The van der Waals surface area contributed by atoms with Gasteiger partial charge in [-0.2, -0.15) is 0 Å². The highest BCUT2D eigenvalue weighted by molar-refractivity contribution is 6.21. The van der Waals surface area contributed by atoms with Crippen LogP contribution in [0.2, 0.25) is 0 Å².